The molecule has 0 unspecified atom stereocenters. The highest BCUT2D eigenvalue weighted by Crippen LogP contribution is 2.30. The second-order valence-electron chi connectivity index (χ2n) is 2.82. The molecule has 3 heteroatoms. The third-order valence-corrected chi connectivity index (χ3v) is 2.27. The maximum Gasteiger partial charge on any atom is 0.126 e. The SMILES string of the molecule is COc1c(C)cc(Cl)c(C#N)c1C. The molecular weight excluding hydrogens is 186 g/mol. The average molecular weight is 196 g/mol. The summed E-state index contributed by atoms with van der Waals surface area (Å²) in [5, 5.41) is 9.30. The molecular formula is C10H10ClNO. The number of benzene rings is 1. The van der Waals surface area contributed by atoms with Gasteiger partial charge in [0.15, 0.2) is 0 Å². The maximum absolute atomic E-state index is 8.82. The second-order valence-corrected chi connectivity index (χ2v) is 3.23. The van der Waals surface area contributed by atoms with Gasteiger partial charge in [-0.3, -0.25) is 0 Å². The fourth-order valence-corrected chi connectivity index (χ4v) is 1.72. The first-order valence-electron chi connectivity index (χ1n) is 3.85. The Bertz CT molecular complexity index is 379. The Morgan fingerprint density at radius 2 is 2.08 bits per heavy atom. The highest BCUT2D eigenvalue weighted by molar-refractivity contribution is 6.32. The standard InChI is InChI=1S/C10H10ClNO/c1-6-4-9(11)8(5-12)7(2)10(6)13-3/h4H,1-3H3. The molecule has 0 aromatic heterocycles. The molecule has 0 aliphatic heterocycles. The molecule has 68 valence electrons. The summed E-state index contributed by atoms with van der Waals surface area (Å²) in [6.45, 7) is 3.73. The zero-order chi connectivity index (χ0) is 10.0. The molecule has 0 N–H and O–H groups in total. The summed E-state index contributed by atoms with van der Waals surface area (Å²) in [6.07, 6.45) is 0. The Kier molecular flexibility index (Phi) is 2.79. The summed E-state index contributed by atoms with van der Waals surface area (Å²) < 4.78 is 5.16. The topological polar surface area (TPSA) is 33.0 Å². The van der Waals surface area contributed by atoms with Gasteiger partial charge in [0.2, 0.25) is 0 Å². The van der Waals surface area contributed by atoms with Crippen LogP contribution in [-0.4, -0.2) is 7.11 Å². The van der Waals surface area contributed by atoms with Crippen LogP contribution >= 0.6 is 11.6 Å². The third kappa shape index (κ3) is 1.61. The van der Waals surface area contributed by atoms with Crippen molar-refractivity contribution in [1.29, 1.82) is 5.26 Å². The monoisotopic (exact) mass is 195 g/mol. The Morgan fingerprint density at radius 1 is 1.46 bits per heavy atom. The first-order chi connectivity index (χ1) is 6.11. The van der Waals surface area contributed by atoms with Crippen molar-refractivity contribution in [2.24, 2.45) is 0 Å². The second kappa shape index (κ2) is 3.68. The largest absolute Gasteiger partial charge is 0.496 e. The van der Waals surface area contributed by atoms with Crippen molar-refractivity contribution in [2.75, 3.05) is 7.11 Å². The first-order valence-corrected chi connectivity index (χ1v) is 4.23. The van der Waals surface area contributed by atoms with Crippen LogP contribution < -0.4 is 4.74 Å². The third-order valence-electron chi connectivity index (χ3n) is 1.97. The number of halogens is 1. The summed E-state index contributed by atoms with van der Waals surface area (Å²) in [7, 11) is 1.59. The van der Waals surface area contributed by atoms with E-state index in [0.29, 0.717) is 10.6 Å². The predicted molar refractivity (Wildman–Crippen MR) is 52.2 cm³/mol. The lowest BCUT2D eigenvalue weighted by molar-refractivity contribution is 0.408. The van der Waals surface area contributed by atoms with Crippen LogP contribution in [-0.2, 0) is 0 Å². The fourth-order valence-electron chi connectivity index (χ4n) is 1.37. The molecule has 0 fully saturated rings. The van der Waals surface area contributed by atoms with Crippen LogP contribution in [0.3, 0.4) is 0 Å². The zero-order valence-corrected chi connectivity index (χ0v) is 8.57. The van der Waals surface area contributed by atoms with Crippen LogP contribution in [0.1, 0.15) is 16.7 Å². The molecule has 0 saturated carbocycles. The lowest BCUT2D eigenvalue weighted by atomic mass is 10.0. The molecule has 0 aliphatic rings. The van der Waals surface area contributed by atoms with Gasteiger partial charge in [0, 0.05) is 5.56 Å². The van der Waals surface area contributed by atoms with Crippen LogP contribution in [0.25, 0.3) is 0 Å². The number of rotatable bonds is 1. The van der Waals surface area contributed by atoms with E-state index >= 15 is 0 Å². The van der Waals surface area contributed by atoms with Crippen LogP contribution in [0.15, 0.2) is 6.07 Å². The van der Waals surface area contributed by atoms with Crippen molar-refractivity contribution < 1.29 is 4.74 Å². The van der Waals surface area contributed by atoms with E-state index in [4.69, 9.17) is 21.6 Å². The average Bonchev–Trinajstić information content (AvgIpc) is 2.04. The molecule has 1 rings (SSSR count). The number of hydrogen-bond acceptors (Lipinski definition) is 2. The molecule has 2 nitrogen and oxygen atoms in total. The quantitative estimate of drug-likeness (QED) is 0.691. The van der Waals surface area contributed by atoms with Gasteiger partial charge in [0.25, 0.3) is 0 Å². The Labute approximate surface area is 82.7 Å². The Balaban J connectivity index is 3.51. The minimum Gasteiger partial charge on any atom is -0.496 e. The molecule has 1 aromatic rings. The van der Waals surface area contributed by atoms with Gasteiger partial charge in [-0.15, -0.1) is 0 Å². The zero-order valence-electron chi connectivity index (χ0n) is 7.81. The molecule has 13 heavy (non-hydrogen) atoms. The van der Waals surface area contributed by atoms with E-state index in [2.05, 4.69) is 6.07 Å². The van der Waals surface area contributed by atoms with Crippen molar-refractivity contribution in [3.05, 3.63) is 27.8 Å². The van der Waals surface area contributed by atoms with Gasteiger partial charge in [0.05, 0.1) is 17.7 Å². The molecule has 0 spiro atoms. The number of methoxy groups -OCH3 is 1. The molecule has 0 amide bonds. The molecule has 0 saturated heterocycles. The Hall–Kier alpha value is -1.20. The van der Waals surface area contributed by atoms with Crippen molar-refractivity contribution >= 4 is 11.6 Å². The van der Waals surface area contributed by atoms with Gasteiger partial charge in [-0.1, -0.05) is 11.6 Å². The van der Waals surface area contributed by atoms with E-state index in [0.717, 1.165) is 16.9 Å². The van der Waals surface area contributed by atoms with E-state index in [1.165, 1.54) is 0 Å². The number of ether oxygens (including phenoxy) is 1. The first kappa shape index (κ1) is 9.88. The highest BCUT2D eigenvalue weighted by Gasteiger charge is 2.11. The predicted octanol–water partition coefficient (Wildman–Crippen LogP) is 2.84. The highest BCUT2D eigenvalue weighted by atomic mass is 35.5. The lowest BCUT2D eigenvalue weighted by Gasteiger charge is -2.10. The number of nitriles is 1. The normalized spacial score (nSPS) is 9.46. The molecule has 0 bridgehead atoms. The summed E-state index contributed by atoms with van der Waals surface area (Å²) in [4.78, 5) is 0. The minimum atomic E-state index is 0.485. The van der Waals surface area contributed by atoms with Crippen molar-refractivity contribution in [2.45, 2.75) is 13.8 Å². The van der Waals surface area contributed by atoms with Crippen molar-refractivity contribution in [3.63, 3.8) is 0 Å². The molecule has 0 aliphatic carbocycles. The molecule has 1 aromatic carbocycles. The van der Waals surface area contributed by atoms with Gasteiger partial charge in [-0.05, 0) is 25.5 Å². The summed E-state index contributed by atoms with van der Waals surface area (Å²) in [5.41, 5.74) is 2.24. The summed E-state index contributed by atoms with van der Waals surface area (Å²) in [6, 6.07) is 3.80. The molecule has 0 atom stereocenters. The number of nitrogens with zero attached hydrogens (tertiary/aromatic N) is 1. The van der Waals surface area contributed by atoms with E-state index < -0.39 is 0 Å². The lowest BCUT2D eigenvalue weighted by Crippen LogP contribution is -1.94. The number of hydrogen-bond donors (Lipinski definition) is 0. The molecule has 0 heterocycles. The van der Waals surface area contributed by atoms with Crippen molar-refractivity contribution in [1.82, 2.24) is 0 Å². The van der Waals surface area contributed by atoms with Gasteiger partial charge in [-0.25, -0.2) is 0 Å². The van der Waals surface area contributed by atoms with Gasteiger partial charge in [0.1, 0.15) is 11.8 Å². The van der Waals surface area contributed by atoms with Crippen LogP contribution in [0, 0.1) is 25.2 Å². The van der Waals surface area contributed by atoms with Gasteiger partial charge >= 0.3 is 0 Å². The van der Waals surface area contributed by atoms with E-state index in [1.54, 1.807) is 13.2 Å². The van der Waals surface area contributed by atoms with E-state index in [9.17, 15) is 0 Å². The van der Waals surface area contributed by atoms with E-state index in [1.807, 2.05) is 13.8 Å². The Morgan fingerprint density at radius 3 is 2.54 bits per heavy atom. The smallest absolute Gasteiger partial charge is 0.126 e. The summed E-state index contributed by atoms with van der Waals surface area (Å²) >= 11 is 5.89. The van der Waals surface area contributed by atoms with Crippen molar-refractivity contribution in [3.8, 4) is 11.8 Å². The van der Waals surface area contributed by atoms with Crippen LogP contribution in [0.4, 0.5) is 0 Å². The fraction of sp³-hybridized carbons (Fsp3) is 0.300. The van der Waals surface area contributed by atoms with Crippen LogP contribution in [0.2, 0.25) is 5.02 Å². The molecule has 0 radical (unpaired) electrons. The summed E-state index contributed by atoms with van der Waals surface area (Å²) in [5.74, 6) is 0.737. The number of aryl methyl sites for hydroxylation is 1. The minimum absolute atomic E-state index is 0.485. The van der Waals surface area contributed by atoms with Gasteiger partial charge in [-0.2, -0.15) is 5.26 Å². The van der Waals surface area contributed by atoms with Gasteiger partial charge < -0.3 is 4.74 Å². The van der Waals surface area contributed by atoms with Crippen LogP contribution in [0.5, 0.6) is 5.75 Å². The maximum atomic E-state index is 8.82. The van der Waals surface area contributed by atoms with E-state index in [-0.39, 0.29) is 0 Å².